The van der Waals surface area contributed by atoms with Crippen molar-refractivity contribution in [3.8, 4) is 0 Å². The molecule has 2 aromatic carbocycles. The van der Waals surface area contributed by atoms with Gasteiger partial charge in [-0.1, -0.05) is 35.3 Å². The molecule has 0 aromatic heterocycles. The number of hydrogen-bond donors (Lipinski definition) is 2. The van der Waals surface area contributed by atoms with E-state index in [0.717, 1.165) is 5.56 Å². The summed E-state index contributed by atoms with van der Waals surface area (Å²) >= 11 is 12.4. The van der Waals surface area contributed by atoms with Crippen molar-refractivity contribution in [2.24, 2.45) is 10.7 Å². The zero-order chi connectivity index (χ0) is 18.9. The fourth-order valence-corrected chi connectivity index (χ4v) is 4.80. The van der Waals surface area contributed by atoms with E-state index in [9.17, 15) is 9.18 Å². The van der Waals surface area contributed by atoms with Gasteiger partial charge in [-0.25, -0.2) is 9.38 Å². The first-order chi connectivity index (χ1) is 12.9. The number of rotatable bonds is 0. The lowest BCUT2D eigenvalue weighted by Gasteiger charge is -2.44. The van der Waals surface area contributed by atoms with Crippen LogP contribution in [0, 0.1) is 5.82 Å². The van der Waals surface area contributed by atoms with Gasteiger partial charge in [0, 0.05) is 25.1 Å². The van der Waals surface area contributed by atoms with Crippen LogP contribution in [-0.2, 0) is 0 Å². The number of anilines is 1. The highest BCUT2D eigenvalue weighted by Crippen LogP contribution is 2.48. The van der Waals surface area contributed by atoms with Crippen LogP contribution in [0.1, 0.15) is 40.4 Å². The molecular weight excluding hydrogens is 390 g/mol. The summed E-state index contributed by atoms with van der Waals surface area (Å²) in [6.07, 6.45) is 1.07. The number of nitrogens with zero attached hydrogens (tertiary/aromatic N) is 2. The number of amides is 1. The number of nitrogens with two attached hydrogens (primary N) is 1. The Morgan fingerprint density at radius 3 is 2.89 bits per heavy atom. The van der Waals surface area contributed by atoms with E-state index in [-0.39, 0.29) is 22.8 Å². The number of carbonyl (C=O) groups excluding carboxylic acids is 1. The number of aliphatic imine (C=N–C) groups is 1. The SMILES string of the molecule is NC1=N[C@@]2(CCN3C(=O)c4c(ccc(Cl)c4Cl)[C@@H]3C2)Nc2cccc(F)c21. The molecule has 27 heavy (non-hydrogen) atoms. The molecule has 138 valence electrons. The van der Waals surface area contributed by atoms with Gasteiger partial charge in [-0.2, -0.15) is 0 Å². The number of carbonyl (C=O) groups is 1. The van der Waals surface area contributed by atoms with Crippen LogP contribution in [0.3, 0.4) is 0 Å². The molecule has 1 fully saturated rings. The van der Waals surface area contributed by atoms with Crippen LogP contribution >= 0.6 is 23.2 Å². The summed E-state index contributed by atoms with van der Waals surface area (Å²) in [6.45, 7) is 0.487. The average molecular weight is 405 g/mol. The van der Waals surface area contributed by atoms with E-state index < -0.39 is 11.5 Å². The van der Waals surface area contributed by atoms with Crippen LogP contribution < -0.4 is 11.1 Å². The first-order valence-corrected chi connectivity index (χ1v) is 9.37. The molecule has 2 aromatic rings. The summed E-state index contributed by atoms with van der Waals surface area (Å²) in [4.78, 5) is 19.3. The third kappa shape index (κ3) is 2.29. The Labute approximate surface area is 165 Å². The largest absolute Gasteiger partial charge is 0.383 e. The van der Waals surface area contributed by atoms with Gasteiger partial charge in [-0.15, -0.1) is 0 Å². The molecule has 0 bridgehead atoms. The Bertz CT molecular complexity index is 1040. The summed E-state index contributed by atoms with van der Waals surface area (Å²) in [5.74, 6) is -0.345. The summed E-state index contributed by atoms with van der Waals surface area (Å²) in [5.41, 5.74) is 7.63. The van der Waals surface area contributed by atoms with Gasteiger partial charge in [-0.05, 0) is 23.8 Å². The first-order valence-electron chi connectivity index (χ1n) is 8.61. The summed E-state index contributed by atoms with van der Waals surface area (Å²) in [6, 6.07) is 8.15. The number of nitrogens with one attached hydrogen (secondary N) is 1. The fraction of sp³-hybridized carbons (Fsp3) is 0.263. The fourth-order valence-electron chi connectivity index (χ4n) is 4.39. The topological polar surface area (TPSA) is 70.7 Å². The van der Waals surface area contributed by atoms with Crippen LogP contribution in [0.2, 0.25) is 10.0 Å². The number of amidine groups is 1. The van der Waals surface area contributed by atoms with E-state index in [1.165, 1.54) is 6.07 Å². The van der Waals surface area contributed by atoms with Crippen molar-refractivity contribution >= 4 is 40.6 Å². The van der Waals surface area contributed by atoms with Crippen LogP contribution in [0.4, 0.5) is 10.1 Å². The summed E-state index contributed by atoms with van der Waals surface area (Å²) in [7, 11) is 0. The number of benzene rings is 2. The molecular formula is C19H15Cl2FN4O. The molecule has 8 heteroatoms. The smallest absolute Gasteiger partial charge is 0.256 e. The summed E-state index contributed by atoms with van der Waals surface area (Å²) < 4.78 is 14.1. The van der Waals surface area contributed by atoms with Gasteiger partial charge in [0.25, 0.3) is 5.91 Å². The molecule has 1 amide bonds. The Morgan fingerprint density at radius 2 is 2.07 bits per heavy atom. The van der Waals surface area contributed by atoms with Gasteiger partial charge in [0.15, 0.2) is 0 Å². The second kappa shape index (κ2) is 5.59. The van der Waals surface area contributed by atoms with E-state index in [4.69, 9.17) is 28.9 Å². The predicted octanol–water partition coefficient (Wildman–Crippen LogP) is 3.95. The van der Waals surface area contributed by atoms with Crippen molar-refractivity contribution in [1.82, 2.24) is 4.90 Å². The predicted molar refractivity (Wildman–Crippen MR) is 103 cm³/mol. The lowest BCUT2D eigenvalue weighted by molar-refractivity contribution is 0.0606. The third-order valence-electron chi connectivity index (χ3n) is 5.61. The zero-order valence-corrected chi connectivity index (χ0v) is 15.6. The lowest BCUT2D eigenvalue weighted by Crippen LogP contribution is -2.51. The molecule has 3 aliphatic heterocycles. The van der Waals surface area contributed by atoms with E-state index in [0.29, 0.717) is 41.2 Å². The maximum atomic E-state index is 14.1. The Kier molecular flexibility index (Phi) is 3.49. The number of hydrogen-bond acceptors (Lipinski definition) is 4. The highest BCUT2D eigenvalue weighted by atomic mass is 35.5. The maximum Gasteiger partial charge on any atom is 0.256 e. The Morgan fingerprint density at radius 1 is 1.26 bits per heavy atom. The first kappa shape index (κ1) is 16.8. The second-order valence-electron chi connectivity index (χ2n) is 7.11. The minimum atomic E-state index is -0.694. The maximum absolute atomic E-state index is 14.1. The van der Waals surface area contributed by atoms with Crippen molar-refractivity contribution in [1.29, 1.82) is 0 Å². The molecule has 1 saturated heterocycles. The second-order valence-corrected chi connectivity index (χ2v) is 7.90. The minimum absolute atomic E-state index is 0.114. The molecule has 1 spiro atoms. The quantitative estimate of drug-likeness (QED) is 0.698. The average Bonchev–Trinajstić information content (AvgIpc) is 2.89. The molecule has 3 N–H and O–H groups in total. The number of piperidine rings is 1. The van der Waals surface area contributed by atoms with Crippen molar-refractivity contribution in [2.45, 2.75) is 24.5 Å². The Hall–Kier alpha value is -2.31. The van der Waals surface area contributed by atoms with Gasteiger partial charge in [-0.3, -0.25) is 4.79 Å². The molecule has 3 heterocycles. The molecule has 0 aliphatic carbocycles. The van der Waals surface area contributed by atoms with E-state index >= 15 is 0 Å². The molecule has 2 atom stereocenters. The highest BCUT2D eigenvalue weighted by molar-refractivity contribution is 6.44. The van der Waals surface area contributed by atoms with E-state index in [1.54, 1.807) is 23.1 Å². The molecule has 3 aliphatic rings. The van der Waals surface area contributed by atoms with Crippen LogP contribution in [0.25, 0.3) is 0 Å². The van der Waals surface area contributed by atoms with Crippen LogP contribution in [-0.4, -0.2) is 28.9 Å². The third-order valence-corrected chi connectivity index (χ3v) is 6.41. The van der Waals surface area contributed by atoms with Gasteiger partial charge in [0.05, 0.1) is 27.2 Å². The van der Waals surface area contributed by atoms with Crippen molar-refractivity contribution in [2.75, 3.05) is 11.9 Å². The van der Waals surface area contributed by atoms with E-state index in [1.807, 2.05) is 6.07 Å². The molecule has 0 unspecified atom stereocenters. The standard InChI is InChI=1S/C19H15Cl2FN4O/c20-10-5-4-9-13-8-19(6-7-26(13)18(27)14(9)16(10)21)24-12-3-1-2-11(22)15(12)17(23)25-19/h1-5,13,24H,6-8H2,(H2,23,25)/t13-,19+/m0/s1. The van der Waals surface area contributed by atoms with Gasteiger partial charge >= 0.3 is 0 Å². The monoisotopic (exact) mass is 404 g/mol. The molecule has 5 rings (SSSR count). The van der Waals surface area contributed by atoms with Crippen molar-refractivity contribution < 1.29 is 9.18 Å². The number of fused-ring (bicyclic) bond motifs is 4. The van der Waals surface area contributed by atoms with Crippen molar-refractivity contribution in [3.63, 3.8) is 0 Å². The van der Waals surface area contributed by atoms with Crippen LogP contribution in [0.5, 0.6) is 0 Å². The minimum Gasteiger partial charge on any atom is -0.383 e. The zero-order valence-electron chi connectivity index (χ0n) is 14.1. The molecule has 0 saturated carbocycles. The molecule has 0 radical (unpaired) electrons. The molecule has 5 nitrogen and oxygen atoms in total. The van der Waals surface area contributed by atoms with E-state index in [2.05, 4.69) is 10.3 Å². The lowest BCUT2D eigenvalue weighted by atomic mass is 9.87. The number of halogens is 3. The Balaban J connectivity index is 1.57. The normalized spacial score (nSPS) is 25.6. The van der Waals surface area contributed by atoms with Gasteiger partial charge in [0.2, 0.25) is 0 Å². The summed E-state index contributed by atoms with van der Waals surface area (Å²) in [5, 5.41) is 4.01. The van der Waals surface area contributed by atoms with Gasteiger partial charge < -0.3 is 16.0 Å². The van der Waals surface area contributed by atoms with Crippen LogP contribution in [0.15, 0.2) is 35.3 Å². The van der Waals surface area contributed by atoms with Crippen molar-refractivity contribution in [3.05, 3.63) is 62.9 Å². The highest BCUT2D eigenvalue weighted by Gasteiger charge is 2.49. The van der Waals surface area contributed by atoms with Gasteiger partial charge in [0.1, 0.15) is 17.3 Å².